The van der Waals surface area contributed by atoms with Crippen molar-refractivity contribution in [1.82, 2.24) is 30.5 Å². The summed E-state index contributed by atoms with van der Waals surface area (Å²) < 4.78 is 45.6. The van der Waals surface area contributed by atoms with E-state index in [1.54, 1.807) is 20.8 Å². The number of amides is 1. The fourth-order valence-electron chi connectivity index (χ4n) is 3.99. The van der Waals surface area contributed by atoms with Crippen molar-refractivity contribution in [2.24, 2.45) is 0 Å². The lowest BCUT2D eigenvalue weighted by Gasteiger charge is -2.40. The molecule has 0 saturated carbocycles. The predicted molar refractivity (Wildman–Crippen MR) is 122 cm³/mol. The first-order valence-electron chi connectivity index (χ1n) is 11.0. The third-order valence-corrected chi connectivity index (χ3v) is 5.73. The van der Waals surface area contributed by atoms with Crippen LogP contribution < -0.4 is 15.8 Å². The minimum Gasteiger partial charge on any atom is -0.444 e. The third-order valence-electron chi connectivity index (χ3n) is 5.73. The summed E-state index contributed by atoms with van der Waals surface area (Å²) in [5, 5.41) is 9.33. The van der Waals surface area contributed by atoms with E-state index in [0.717, 1.165) is 6.20 Å². The maximum absolute atomic E-state index is 13.4. The largest absolute Gasteiger partial charge is 0.444 e. The van der Waals surface area contributed by atoms with Gasteiger partial charge in [-0.3, -0.25) is 19.9 Å². The number of carbonyl (C=O) groups excluding carboxylic acids is 1. The smallest absolute Gasteiger partial charge is 0.434 e. The number of anilines is 1. The van der Waals surface area contributed by atoms with Crippen LogP contribution in [0.4, 0.5) is 23.9 Å². The molecule has 35 heavy (non-hydrogen) atoms. The van der Waals surface area contributed by atoms with Gasteiger partial charge in [-0.25, -0.2) is 4.79 Å². The second kappa shape index (κ2) is 8.54. The van der Waals surface area contributed by atoms with Crippen LogP contribution in [0.15, 0.2) is 23.1 Å². The van der Waals surface area contributed by atoms with Crippen LogP contribution in [-0.4, -0.2) is 55.5 Å². The van der Waals surface area contributed by atoms with Crippen molar-refractivity contribution in [2.75, 3.05) is 18.0 Å². The van der Waals surface area contributed by atoms with E-state index in [9.17, 15) is 22.8 Å². The molecule has 0 bridgehead atoms. The molecule has 188 valence electrons. The molecule has 3 aromatic heterocycles. The third kappa shape index (κ3) is 5.23. The normalized spacial score (nSPS) is 16.4. The highest BCUT2D eigenvalue weighted by Crippen LogP contribution is 2.36. The molecule has 0 aromatic carbocycles. The number of hydrogen-bond acceptors (Lipinski definition) is 7. The van der Waals surface area contributed by atoms with E-state index in [-0.39, 0.29) is 28.2 Å². The monoisotopic (exact) mass is 493 g/mol. The Balaban J connectivity index is 1.56. The lowest BCUT2D eigenvalue weighted by Crippen LogP contribution is -2.54. The van der Waals surface area contributed by atoms with Crippen molar-refractivity contribution in [3.63, 3.8) is 0 Å². The first-order chi connectivity index (χ1) is 16.3. The molecule has 3 N–H and O–H groups in total. The molecule has 13 heteroatoms. The van der Waals surface area contributed by atoms with Crippen LogP contribution in [0.1, 0.15) is 46.2 Å². The van der Waals surface area contributed by atoms with Gasteiger partial charge in [0.2, 0.25) is 5.95 Å². The summed E-state index contributed by atoms with van der Waals surface area (Å²) >= 11 is 0. The summed E-state index contributed by atoms with van der Waals surface area (Å²) in [6.07, 6.45) is -3.05. The Bertz CT molecular complexity index is 1300. The highest BCUT2D eigenvalue weighted by atomic mass is 19.4. The Morgan fingerprint density at radius 3 is 2.54 bits per heavy atom. The van der Waals surface area contributed by atoms with Crippen LogP contribution in [0.5, 0.6) is 0 Å². The zero-order chi connectivity index (χ0) is 25.6. The average molecular weight is 493 g/mol. The Hall–Kier alpha value is -3.64. The van der Waals surface area contributed by atoms with Gasteiger partial charge in [0.25, 0.3) is 5.56 Å². The summed E-state index contributed by atoms with van der Waals surface area (Å²) in [5.74, 6) is 0.252. The van der Waals surface area contributed by atoms with E-state index in [4.69, 9.17) is 4.74 Å². The molecule has 4 rings (SSSR count). The maximum Gasteiger partial charge on any atom is 0.434 e. The molecule has 1 amide bonds. The van der Waals surface area contributed by atoms with E-state index < -0.39 is 34.7 Å². The number of alkyl halides is 3. The Morgan fingerprint density at radius 1 is 1.23 bits per heavy atom. The van der Waals surface area contributed by atoms with Crippen molar-refractivity contribution in [3.8, 4) is 11.3 Å². The van der Waals surface area contributed by atoms with Crippen molar-refractivity contribution in [3.05, 3.63) is 34.4 Å². The van der Waals surface area contributed by atoms with Crippen molar-refractivity contribution in [1.29, 1.82) is 0 Å². The molecule has 1 fully saturated rings. The van der Waals surface area contributed by atoms with Gasteiger partial charge in [0.1, 0.15) is 11.0 Å². The number of alkyl carbamates (subject to hydrolysis) is 1. The summed E-state index contributed by atoms with van der Waals surface area (Å²) in [5.41, 5.74) is -3.25. The van der Waals surface area contributed by atoms with Gasteiger partial charge in [-0.15, -0.1) is 0 Å². The van der Waals surface area contributed by atoms with Crippen molar-refractivity contribution >= 4 is 23.1 Å². The number of aromatic nitrogens is 5. The van der Waals surface area contributed by atoms with Gasteiger partial charge in [-0.1, -0.05) is 0 Å². The number of ether oxygens (including phenoxy) is 1. The molecule has 0 radical (unpaired) electrons. The minimum atomic E-state index is -4.71. The molecule has 1 saturated heterocycles. The molecule has 0 aliphatic carbocycles. The number of carbonyl (C=O) groups is 1. The average Bonchev–Trinajstić information content (AvgIpc) is 3.16. The minimum absolute atomic E-state index is 0.00376. The molecular weight excluding hydrogens is 467 g/mol. The van der Waals surface area contributed by atoms with Gasteiger partial charge in [0, 0.05) is 30.4 Å². The number of nitrogens with zero attached hydrogens (tertiary/aromatic N) is 4. The molecular formula is C22H26F3N7O3. The van der Waals surface area contributed by atoms with Crippen LogP contribution in [-0.2, 0) is 10.9 Å². The first kappa shape index (κ1) is 24.5. The predicted octanol–water partition coefficient (Wildman–Crippen LogP) is 3.61. The topological polar surface area (TPSA) is 129 Å². The van der Waals surface area contributed by atoms with Crippen LogP contribution in [0, 0.1) is 0 Å². The number of halogens is 3. The van der Waals surface area contributed by atoms with Gasteiger partial charge >= 0.3 is 12.3 Å². The zero-order valence-electron chi connectivity index (χ0n) is 19.7. The highest BCUT2D eigenvalue weighted by molar-refractivity contribution is 5.91. The summed E-state index contributed by atoms with van der Waals surface area (Å²) in [6, 6.07) is 2.57. The van der Waals surface area contributed by atoms with Gasteiger partial charge < -0.3 is 15.0 Å². The second-order valence-corrected chi connectivity index (χ2v) is 9.76. The van der Waals surface area contributed by atoms with Gasteiger partial charge in [0.05, 0.1) is 5.69 Å². The second-order valence-electron chi connectivity index (χ2n) is 9.76. The number of piperidine rings is 1. The number of hydrogen-bond donors (Lipinski definition) is 3. The Morgan fingerprint density at radius 2 is 1.91 bits per heavy atom. The molecule has 3 aromatic rings. The fraction of sp³-hybridized carbons (Fsp3) is 0.500. The zero-order valence-corrected chi connectivity index (χ0v) is 19.7. The summed E-state index contributed by atoms with van der Waals surface area (Å²) in [6.45, 7) is 8.22. The molecule has 4 heterocycles. The Labute approximate surface area is 198 Å². The molecule has 10 nitrogen and oxygen atoms in total. The molecule has 1 aliphatic heterocycles. The van der Waals surface area contributed by atoms with Gasteiger partial charge in [0.15, 0.2) is 11.3 Å². The van der Waals surface area contributed by atoms with Crippen LogP contribution in [0.25, 0.3) is 22.3 Å². The first-order valence-corrected chi connectivity index (χ1v) is 11.0. The van der Waals surface area contributed by atoms with E-state index in [1.807, 2.05) is 11.8 Å². The number of H-pyrrole nitrogens is 2. The van der Waals surface area contributed by atoms with Crippen LogP contribution in [0.3, 0.4) is 0 Å². The number of aromatic amines is 2. The van der Waals surface area contributed by atoms with E-state index in [2.05, 4.69) is 30.5 Å². The Kier molecular flexibility index (Phi) is 5.97. The number of rotatable bonds is 3. The summed E-state index contributed by atoms with van der Waals surface area (Å²) in [4.78, 5) is 37.4. The maximum atomic E-state index is 13.4. The number of nitrogens with one attached hydrogen (secondary N) is 3. The number of fused-ring (bicyclic) bond motifs is 1. The lowest BCUT2D eigenvalue weighted by molar-refractivity contribution is -0.140. The SMILES string of the molecule is CC1(NC(=O)OC(C)(C)C)CCN(c2nc3n[nH]c(-c4cccnc4C(F)(F)F)c3c(=O)[nH]2)CC1. The quantitative estimate of drug-likeness (QED) is 0.508. The fourth-order valence-corrected chi connectivity index (χ4v) is 3.99. The molecule has 1 aliphatic rings. The van der Waals surface area contributed by atoms with E-state index in [0.29, 0.717) is 25.9 Å². The molecule has 0 unspecified atom stereocenters. The van der Waals surface area contributed by atoms with Gasteiger partial charge in [-0.2, -0.15) is 23.3 Å². The number of pyridine rings is 1. The van der Waals surface area contributed by atoms with Gasteiger partial charge in [-0.05, 0) is 52.7 Å². The summed E-state index contributed by atoms with van der Waals surface area (Å²) in [7, 11) is 0. The highest BCUT2D eigenvalue weighted by Gasteiger charge is 2.37. The lowest BCUT2D eigenvalue weighted by atomic mass is 9.90. The van der Waals surface area contributed by atoms with Crippen molar-refractivity contribution in [2.45, 2.75) is 57.9 Å². The molecule has 0 spiro atoms. The van der Waals surface area contributed by atoms with Crippen LogP contribution >= 0.6 is 0 Å². The van der Waals surface area contributed by atoms with Crippen LogP contribution in [0.2, 0.25) is 0 Å². The van der Waals surface area contributed by atoms with E-state index in [1.165, 1.54) is 12.1 Å². The van der Waals surface area contributed by atoms with Crippen molar-refractivity contribution < 1.29 is 22.7 Å². The standard InChI is InChI=1S/C22H26F3N7O3/c1-20(2,3)35-19(34)29-21(4)7-10-32(11-8-21)18-27-16-13(17(33)28-18)14(30-31-16)12-6-5-9-26-15(12)22(23,24)25/h5-6,9H,7-8,10-11H2,1-4H3,(H,29,34)(H2,27,28,30,31,33). The molecule has 0 atom stereocenters. The van der Waals surface area contributed by atoms with E-state index >= 15 is 0 Å².